The number of allylic oxidation sites excluding steroid dienone is 2. The lowest BCUT2D eigenvalue weighted by atomic mass is 9.88. The van der Waals surface area contributed by atoms with E-state index in [1.807, 2.05) is 11.0 Å². The Kier molecular flexibility index (Phi) is 8.80. The Bertz CT molecular complexity index is 579. The summed E-state index contributed by atoms with van der Waals surface area (Å²) in [5.74, 6) is 1.49. The second-order valence-corrected chi connectivity index (χ2v) is 9.48. The lowest BCUT2D eigenvalue weighted by Crippen LogP contribution is -2.27. The highest BCUT2D eigenvalue weighted by Gasteiger charge is 2.43. The molecule has 2 fully saturated rings. The van der Waals surface area contributed by atoms with Crippen LogP contribution in [0.5, 0.6) is 0 Å². The maximum atomic E-state index is 12.1. The monoisotopic (exact) mass is 403 g/mol. The van der Waals surface area contributed by atoms with Gasteiger partial charge in [0.15, 0.2) is 0 Å². The first-order chi connectivity index (χ1) is 14.1. The quantitative estimate of drug-likeness (QED) is 0.391. The molecular formula is C25H41NO3. The number of carbonyl (C=O) groups excluding carboxylic acids is 1. The third kappa shape index (κ3) is 6.42. The van der Waals surface area contributed by atoms with Crippen molar-refractivity contribution in [3.05, 3.63) is 23.8 Å². The summed E-state index contributed by atoms with van der Waals surface area (Å²) >= 11 is 0. The number of likely N-dealkylation sites (tertiary alicyclic amines) is 1. The minimum atomic E-state index is -0.380. The minimum Gasteiger partial charge on any atom is -0.392 e. The van der Waals surface area contributed by atoms with Gasteiger partial charge in [0.2, 0.25) is 5.91 Å². The predicted molar refractivity (Wildman–Crippen MR) is 117 cm³/mol. The van der Waals surface area contributed by atoms with Crippen LogP contribution in [0.25, 0.3) is 0 Å². The van der Waals surface area contributed by atoms with Crippen LogP contribution in [0.3, 0.4) is 0 Å². The second kappa shape index (κ2) is 11.3. The van der Waals surface area contributed by atoms with Crippen molar-refractivity contribution in [2.45, 2.75) is 96.2 Å². The van der Waals surface area contributed by atoms with Gasteiger partial charge in [0.1, 0.15) is 0 Å². The molecule has 2 N–H and O–H groups in total. The van der Waals surface area contributed by atoms with Crippen molar-refractivity contribution >= 4 is 5.91 Å². The van der Waals surface area contributed by atoms with E-state index in [0.717, 1.165) is 58.0 Å². The molecule has 3 rings (SSSR count). The molecule has 2 aliphatic carbocycles. The molecule has 4 heteroatoms. The van der Waals surface area contributed by atoms with E-state index >= 15 is 0 Å². The Hall–Kier alpha value is -1.13. The molecule has 0 aromatic heterocycles. The third-order valence-electron chi connectivity index (χ3n) is 7.21. The van der Waals surface area contributed by atoms with Gasteiger partial charge in [0.05, 0.1) is 12.2 Å². The van der Waals surface area contributed by atoms with Crippen molar-refractivity contribution < 1.29 is 15.0 Å². The van der Waals surface area contributed by atoms with Crippen molar-refractivity contribution in [3.8, 4) is 0 Å². The number of aliphatic hydroxyl groups excluding tert-OH is 2. The number of nitrogens with zero attached hydrogens (tertiary/aromatic N) is 1. The molecule has 0 bridgehead atoms. The fraction of sp³-hybridized carbons (Fsp3) is 0.800. The number of fused-ring (bicyclic) bond motifs is 1. The molecule has 4 nitrogen and oxygen atoms in total. The first-order valence-electron chi connectivity index (χ1n) is 12.1. The minimum absolute atomic E-state index is 0.173. The maximum Gasteiger partial charge on any atom is 0.222 e. The number of rotatable bonds is 11. The Morgan fingerprint density at radius 1 is 1.24 bits per heavy atom. The topological polar surface area (TPSA) is 60.8 Å². The Morgan fingerprint density at radius 3 is 2.79 bits per heavy atom. The van der Waals surface area contributed by atoms with Crippen LogP contribution in [-0.4, -0.2) is 46.3 Å². The van der Waals surface area contributed by atoms with Crippen LogP contribution in [0.4, 0.5) is 0 Å². The van der Waals surface area contributed by atoms with Crippen LogP contribution in [0.1, 0.15) is 84.0 Å². The van der Waals surface area contributed by atoms with E-state index in [1.54, 1.807) is 0 Å². The molecule has 29 heavy (non-hydrogen) atoms. The zero-order valence-corrected chi connectivity index (χ0v) is 18.3. The van der Waals surface area contributed by atoms with Gasteiger partial charge in [0.25, 0.3) is 0 Å². The molecule has 0 aromatic carbocycles. The molecule has 1 saturated carbocycles. The molecule has 1 amide bonds. The fourth-order valence-corrected chi connectivity index (χ4v) is 5.50. The highest BCUT2D eigenvalue weighted by atomic mass is 16.3. The third-order valence-corrected chi connectivity index (χ3v) is 7.21. The van der Waals surface area contributed by atoms with Crippen LogP contribution in [0, 0.1) is 17.8 Å². The number of hydrogen-bond acceptors (Lipinski definition) is 3. The summed E-state index contributed by atoms with van der Waals surface area (Å²) in [5.41, 5.74) is 1.52. The molecule has 1 heterocycles. The van der Waals surface area contributed by atoms with Gasteiger partial charge >= 0.3 is 0 Å². The first kappa shape index (κ1) is 22.6. The summed E-state index contributed by atoms with van der Waals surface area (Å²) in [6.45, 7) is 4.09. The molecule has 1 saturated heterocycles. The van der Waals surface area contributed by atoms with Gasteiger partial charge < -0.3 is 15.1 Å². The number of amides is 1. The van der Waals surface area contributed by atoms with Crippen molar-refractivity contribution in [1.29, 1.82) is 0 Å². The average Bonchev–Trinajstić information content (AvgIpc) is 3.41. The Balaban J connectivity index is 1.38. The zero-order valence-electron chi connectivity index (χ0n) is 18.3. The lowest BCUT2D eigenvalue weighted by Gasteiger charge is -2.19. The molecule has 3 aliphatic rings. The largest absolute Gasteiger partial charge is 0.392 e. The van der Waals surface area contributed by atoms with E-state index in [2.05, 4.69) is 19.1 Å². The van der Waals surface area contributed by atoms with Gasteiger partial charge in [-0.05, 0) is 63.2 Å². The Morgan fingerprint density at radius 2 is 2.03 bits per heavy atom. The van der Waals surface area contributed by atoms with Gasteiger partial charge in [-0.25, -0.2) is 0 Å². The van der Waals surface area contributed by atoms with Gasteiger partial charge in [-0.3, -0.25) is 4.79 Å². The highest BCUT2D eigenvalue weighted by Crippen LogP contribution is 2.48. The smallest absolute Gasteiger partial charge is 0.222 e. The molecule has 0 radical (unpaired) electrons. The van der Waals surface area contributed by atoms with E-state index in [1.165, 1.54) is 31.3 Å². The van der Waals surface area contributed by atoms with Crippen LogP contribution in [-0.2, 0) is 4.79 Å². The van der Waals surface area contributed by atoms with E-state index in [-0.39, 0.29) is 18.1 Å². The number of aliphatic hydroxyl groups is 2. The van der Waals surface area contributed by atoms with Gasteiger partial charge in [0, 0.05) is 25.4 Å². The summed E-state index contributed by atoms with van der Waals surface area (Å²) in [7, 11) is 0. The van der Waals surface area contributed by atoms with E-state index in [0.29, 0.717) is 24.2 Å². The van der Waals surface area contributed by atoms with E-state index in [9.17, 15) is 15.0 Å². The molecule has 5 atom stereocenters. The van der Waals surface area contributed by atoms with Crippen molar-refractivity contribution in [1.82, 2.24) is 4.90 Å². The zero-order chi connectivity index (χ0) is 20.6. The number of unbranched alkanes of at least 4 members (excludes halogenated alkanes) is 3. The van der Waals surface area contributed by atoms with Crippen LogP contribution < -0.4 is 0 Å². The Labute approximate surface area is 177 Å². The number of carbonyl (C=O) groups is 1. The molecule has 0 unspecified atom stereocenters. The molecule has 0 spiro atoms. The summed E-state index contributed by atoms with van der Waals surface area (Å²) in [5, 5.41) is 20.7. The van der Waals surface area contributed by atoms with E-state index in [4.69, 9.17) is 0 Å². The molecule has 1 aliphatic heterocycles. The molecular weight excluding hydrogens is 362 g/mol. The van der Waals surface area contributed by atoms with E-state index < -0.39 is 0 Å². The average molecular weight is 404 g/mol. The standard InChI is InChI=1S/C25H41NO3/c1-2-3-4-10-21(27)12-13-22-23-17-19(16-20(23)18-24(22)28)9-5-6-11-25(29)26-14-7-8-15-26/h12-13,16,20-24,27-28H,2-11,14-15,17-18H2,1H3/t20-,21+,22+,23-,24+/m0/s1. The predicted octanol–water partition coefficient (Wildman–Crippen LogP) is 4.61. The number of hydrogen-bond donors (Lipinski definition) is 2. The van der Waals surface area contributed by atoms with Gasteiger partial charge in [-0.1, -0.05) is 50.0 Å². The SMILES string of the molecule is CCCCC[C@@H](O)C=C[C@@H]1[C@H]2CC(CCCCC(=O)N3CCCC3)=C[C@H]2C[C@H]1O. The normalized spacial score (nSPS) is 30.2. The van der Waals surface area contributed by atoms with Crippen molar-refractivity contribution in [2.75, 3.05) is 13.1 Å². The van der Waals surface area contributed by atoms with Crippen molar-refractivity contribution in [2.24, 2.45) is 17.8 Å². The van der Waals surface area contributed by atoms with Gasteiger partial charge in [-0.2, -0.15) is 0 Å². The fourth-order valence-electron chi connectivity index (χ4n) is 5.50. The summed E-state index contributed by atoms with van der Waals surface area (Å²) in [4.78, 5) is 14.2. The van der Waals surface area contributed by atoms with Crippen molar-refractivity contribution in [3.63, 3.8) is 0 Å². The summed E-state index contributed by atoms with van der Waals surface area (Å²) in [6, 6.07) is 0. The second-order valence-electron chi connectivity index (χ2n) is 9.48. The summed E-state index contributed by atoms with van der Waals surface area (Å²) in [6.07, 6.45) is 18.1. The first-order valence-corrected chi connectivity index (χ1v) is 12.1. The van der Waals surface area contributed by atoms with Gasteiger partial charge in [-0.15, -0.1) is 0 Å². The lowest BCUT2D eigenvalue weighted by molar-refractivity contribution is -0.130. The molecule has 164 valence electrons. The van der Waals surface area contributed by atoms with Crippen LogP contribution in [0.2, 0.25) is 0 Å². The summed E-state index contributed by atoms with van der Waals surface area (Å²) < 4.78 is 0. The van der Waals surface area contributed by atoms with Crippen LogP contribution in [0.15, 0.2) is 23.8 Å². The molecule has 0 aromatic rings. The maximum absolute atomic E-state index is 12.1. The highest BCUT2D eigenvalue weighted by molar-refractivity contribution is 5.76. The van der Waals surface area contributed by atoms with Crippen LogP contribution >= 0.6 is 0 Å².